The maximum absolute atomic E-state index is 13.5. The average Bonchev–Trinajstić information content (AvgIpc) is 3.38. The van der Waals surface area contributed by atoms with Crippen molar-refractivity contribution in [1.29, 1.82) is 0 Å². The van der Waals surface area contributed by atoms with E-state index in [1.54, 1.807) is 13.1 Å². The van der Waals surface area contributed by atoms with Crippen LogP contribution in [0.3, 0.4) is 0 Å². The number of carbonyl (C=O) groups excluding carboxylic acids is 2. The number of nitrogens with zero attached hydrogens (tertiary/aromatic N) is 6. The topological polar surface area (TPSA) is 108 Å². The summed E-state index contributed by atoms with van der Waals surface area (Å²) in [6.07, 6.45) is 4.87. The second kappa shape index (κ2) is 9.95. The molecule has 2 aliphatic heterocycles. The van der Waals surface area contributed by atoms with Crippen LogP contribution >= 0.6 is 0 Å². The summed E-state index contributed by atoms with van der Waals surface area (Å²) in [6.45, 7) is 4.81. The number of likely N-dealkylation sites (N-methyl/N-ethyl adjacent to an activating group) is 1. The van der Waals surface area contributed by atoms with E-state index in [4.69, 9.17) is 0 Å². The Morgan fingerprint density at radius 1 is 1.16 bits per heavy atom. The Bertz CT molecular complexity index is 1380. The van der Waals surface area contributed by atoms with Gasteiger partial charge in [-0.25, -0.2) is 18.2 Å². The fraction of sp³-hybridized carbons (Fsp3) is 0.400. The number of fused-ring (bicyclic) bond motifs is 1. The van der Waals surface area contributed by atoms with Gasteiger partial charge in [0.15, 0.2) is 23.3 Å². The van der Waals surface area contributed by atoms with Gasteiger partial charge in [0.25, 0.3) is 5.91 Å². The Kier molecular flexibility index (Phi) is 6.67. The first kappa shape index (κ1) is 25.5. The van der Waals surface area contributed by atoms with Crippen LogP contribution in [0.5, 0.6) is 0 Å². The lowest BCUT2D eigenvalue weighted by Gasteiger charge is -2.32. The minimum absolute atomic E-state index is 0.0514. The number of benzene rings is 1. The third-order valence-corrected chi connectivity index (χ3v) is 7.08. The van der Waals surface area contributed by atoms with E-state index < -0.39 is 23.4 Å². The molecule has 1 atom stereocenters. The number of rotatable bonds is 5. The molecule has 38 heavy (non-hydrogen) atoms. The molecule has 0 radical (unpaired) electrons. The number of hydrogen-bond donors (Lipinski definition) is 2. The van der Waals surface area contributed by atoms with E-state index in [0.717, 1.165) is 17.7 Å². The Morgan fingerprint density at radius 2 is 1.84 bits per heavy atom. The van der Waals surface area contributed by atoms with Crippen molar-refractivity contribution < 1.29 is 22.8 Å². The van der Waals surface area contributed by atoms with E-state index in [9.17, 15) is 22.8 Å². The molecule has 200 valence electrons. The van der Waals surface area contributed by atoms with E-state index >= 15 is 0 Å². The maximum atomic E-state index is 13.5. The van der Waals surface area contributed by atoms with E-state index in [0.29, 0.717) is 55.6 Å². The lowest BCUT2D eigenvalue weighted by Crippen LogP contribution is -2.44. The van der Waals surface area contributed by atoms with Gasteiger partial charge >= 0.3 is 0 Å². The molecule has 1 fully saturated rings. The molecule has 0 spiro atoms. The molecule has 1 aromatic carbocycles. The molecule has 10 nitrogen and oxygen atoms in total. The van der Waals surface area contributed by atoms with Gasteiger partial charge in [0.05, 0.1) is 17.9 Å². The second-order valence-electron chi connectivity index (χ2n) is 9.57. The van der Waals surface area contributed by atoms with Crippen molar-refractivity contribution in [3.05, 3.63) is 58.8 Å². The first-order valence-corrected chi connectivity index (χ1v) is 12.3. The highest BCUT2D eigenvalue weighted by atomic mass is 19.2. The van der Waals surface area contributed by atoms with Crippen LogP contribution in [-0.4, -0.2) is 62.6 Å². The molecule has 5 rings (SSSR count). The minimum atomic E-state index is -1.59. The van der Waals surface area contributed by atoms with Gasteiger partial charge in [-0.2, -0.15) is 10.1 Å². The molecule has 0 saturated carbocycles. The highest BCUT2D eigenvalue weighted by Crippen LogP contribution is 2.32. The predicted octanol–water partition coefficient (Wildman–Crippen LogP) is 3.27. The Hall–Kier alpha value is -4.16. The van der Waals surface area contributed by atoms with Gasteiger partial charge in [-0.05, 0) is 38.8 Å². The quantitative estimate of drug-likeness (QED) is 0.490. The Morgan fingerprint density at radius 3 is 2.53 bits per heavy atom. The molecule has 13 heteroatoms. The number of piperidine rings is 1. The summed E-state index contributed by atoms with van der Waals surface area (Å²) >= 11 is 0. The van der Waals surface area contributed by atoms with Crippen LogP contribution in [0.1, 0.15) is 47.4 Å². The largest absolute Gasteiger partial charge is 0.350 e. The molecular formula is C25H27F3N8O2. The van der Waals surface area contributed by atoms with Gasteiger partial charge in [0.1, 0.15) is 11.7 Å². The summed E-state index contributed by atoms with van der Waals surface area (Å²) in [7, 11) is 1.82. The van der Waals surface area contributed by atoms with Crippen LogP contribution in [0, 0.1) is 24.4 Å². The van der Waals surface area contributed by atoms with Gasteiger partial charge in [-0.1, -0.05) is 0 Å². The van der Waals surface area contributed by atoms with Crippen molar-refractivity contribution in [2.75, 3.05) is 35.7 Å². The third kappa shape index (κ3) is 4.75. The van der Waals surface area contributed by atoms with Crippen LogP contribution in [-0.2, 0) is 11.3 Å². The second-order valence-corrected chi connectivity index (χ2v) is 9.57. The molecular weight excluding hydrogens is 501 g/mol. The summed E-state index contributed by atoms with van der Waals surface area (Å²) in [5.74, 6) is -3.91. The smallest absolute Gasteiger partial charge is 0.254 e. The standard InChI is InChI=1S/C25H27F3N8O2/c1-13-21-22(34(3)14(2)23(37)32-21)33-25(31-13)29-10-15-11-30-36(12-15)17-4-6-35(7-5-17)24(38)16-8-18(26)20(28)19(27)9-16/h8-9,11-12,14,17H,4-7,10H2,1-3H3,(H,32,37)(H,29,31,33)/t14-/m0/s1. The molecule has 3 aromatic rings. The van der Waals surface area contributed by atoms with E-state index in [1.807, 2.05) is 29.7 Å². The monoisotopic (exact) mass is 528 g/mol. The number of amides is 2. The van der Waals surface area contributed by atoms with Crippen molar-refractivity contribution in [2.24, 2.45) is 0 Å². The number of aryl methyl sites for hydroxylation is 1. The first-order chi connectivity index (χ1) is 18.1. The van der Waals surface area contributed by atoms with Crippen LogP contribution in [0.15, 0.2) is 24.5 Å². The van der Waals surface area contributed by atoms with Crippen molar-refractivity contribution in [3.8, 4) is 0 Å². The first-order valence-electron chi connectivity index (χ1n) is 12.3. The summed E-state index contributed by atoms with van der Waals surface area (Å²) in [5.41, 5.74) is 1.96. The summed E-state index contributed by atoms with van der Waals surface area (Å²) < 4.78 is 42.1. The molecule has 2 N–H and O–H groups in total. The number of likely N-dealkylation sites (tertiary alicyclic amines) is 1. The van der Waals surface area contributed by atoms with Gasteiger partial charge in [0.2, 0.25) is 11.9 Å². The summed E-state index contributed by atoms with van der Waals surface area (Å²) in [6, 6.07) is 1.16. The summed E-state index contributed by atoms with van der Waals surface area (Å²) in [4.78, 5) is 37.1. The van der Waals surface area contributed by atoms with E-state index in [-0.39, 0.29) is 23.6 Å². The Labute approximate surface area is 216 Å². The van der Waals surface area contributed by atoms with Crippen LogP contribution in [0.4, 0.5) is 30.6 Å². The molecule has 0 aliphatic carbocycles. The van der Waals surface area contributed by atoms with Gasteiger partial charge in [-0.15, -0.1) is 0 Å². The van der Waals surface area contributed by atoms with Crippen LogP contribution in [0.2, 0.25) is 0 Å². The minimum Gasteiger partial charge on any atom is -0.350 e. The molecule has 0 unspecified atom stereocenters. The number of hydrogen-bond acceptors (Lipinski definition) is 7. The fourth-order valence-corrected chi connectivity index (χ4v) is 4.67. The Balaban J connectivity index is 1.19. The molecule has 2 aliphatic rings. The number of halogens is 3. The summed E-state index contributed by atoms with van der Waals surface area (Å²) in [5, 5.41) is 10.5. The lowest BCUT2D eigenvalue weighted by atomic mass is 10.0. The van der Waals surface area contributed by atoms with Crippen LogP contribution < -0.4 is 15.5 Å². The maximum Gasteiger partial charge on any atom is 0.254 e. The highest BCUT2D eigenvalue weighted by Gasteiger charge is 2.30. The molecule has 2 aromatic heterocycles. The van der Waals surface area contributed by atoms with E-state index in [1.165, 1.54) is 4.90 Å². The SMILES string of the molecule is Cc1nc(NCc2cnn(C3CCN(C(=O)c4cc(F)c(F)c(F)c4)CC3)c2)nc2c1NC(=O)[C@H](C)N2C. The van der Waals surface area contributed by atoms with Crippen molar-refractivity contribution in [3.63, 3.8) is 0 Å². The van der Waals surface area contributed by atoms with Gasteiger partial charge < -0.3 is 20.4 Å². The molecule has 0 bridgehead atoms. The number of carbonyl (C=O) groups is 2. The molecule has 4 heterocycles. The third-order valence-electron chi connectivity index (χ3n) is 7.08. The van der Waals surface area contributed by atoms with Gasteiger partial charge in [0, 0.05) is 44.0 Å². The zero-order chi connectivity index (χ0) is 27.1. The van der Waals surface area contributed by atoms with E-state index in [2.05, 4.69) is 25.7 Å². The fourth-order valence-electron chi connectivity index (χ4n) is 4.67. The van der Waals surface area contributed by atoms with Gasteiger partial charge in [-0.3, -0.25) is 14.3 Å². The predicted molar refractivity (Wildman–Crippen MR) is 133 cm³/mol. The van der Waals surface area contributed by atoms with Crippen LogP contribution in [0.25, 0.3) is 0 Å². The lowest BCUT2D eigenvalue weighted by molar-refractivity contribution is -0.117. The molecule has 2 amide bonds. The number of anilines is 3. The average molecular weight is 529 g/mol. The van der Waals surface area contributed by atoms with Crippen molar-refractivity contribution >= 4 is 29.3 Å². The van der Waals surface area contributed by atoms with Crippen molar-refractivity contribution in [1.82, 2.24) is 24.6 Å². The normalized spacial score (nSPS) is 17.8. The zero-order valence-corrected chi connectivity index (χ0v) is 21.1. The number of aromatic nitrogens is 4. The molecule has 1 saturated heterocycles. The zero-order valence-electron chi connectivity index (χ0n) is 21.1. The van der Waals surface area contributed by atoms with Crippen molar-refractivity contribution in [2.45, 2.75) is 45.3 Å². The number of nitrogens with one attached hydrogen (secondary N) is 2. The highest BCUT2D eigenvalue weighted by molar-refractivity contribution is 6.03.